The molecule has 0 aliphatic carbocycles. The Labute approximate surface area is 115 Å². The van der Waals surface area contributed by atoms with Crippen LogP contribution in [-0.4, -0.2) is 28.8 Å². The summed E-state index contributed by atoms with van der Waals surface area (Å²) in [5.74, 6) is -1.21. The van der Waals surface area contributed by atoms with E-state index in [1.807, 2.05) is 4.90 Å². The molecule has 1 amide bonds. The van der Waals surface area contributed by atoms with E-state index in [0.29, 0.717) is 38.0 Å². The molecule has 1 aliphatic rings. The van der Waals surface area contributed by atoms with E-state index in [1.165, 1.54) is 6.07 Å². The summed E-state index contributed by atoms with van der Waals surface area (Å²) in [5, 5.41) is 10.7. The molecule has 0 radical (unpaired) electrons. The number of benzene rings is 1. The lowest BCUT2D eigenvalue weighted by atomic mass is 9.96. The molecule has 108 valence electrons. The zero-order chi connectivity index (χ0) is 14.7. The van der Waals surface area contributed by atoms with Gasteiger partial charge in [0, 0.05) is 24.1 Å². The van der Waals surface area contributed by atoms with Gasteiger partial charge in [0.15, 0.2) is 0 Å². The van der Waals surface area contributed by atoms with E-state index < -0.39 is 16.4 Å². The molecule has 6 nitrogen and oxygen atoms in total. The fraction of sp³-hybridized carbons (Fsp3) is 0.462. The van der Waals surface area contributed by atoms with E-state index in [-0.39, 0.29) is 11.8 Å². The van der Waals surface area contributed by atoms with Crippen molar-refractivity contribution in [2.24, 2.45) is 11.7 Å². The second-order valence-electron chi connectivity index (χ2n) is 4.96. The van der Waals surface area contributed by atoms with Gasteiger partial charge >= 0.3 is 5.69 Å². The van der Waals surface area contributed by atoms with Crippen LogP contribution in [0.2, 0.25) is 0 Å². The number of carbonyl (C=O) groups excluding carboxylic acids is 1. The van der Waals surface area contributed by atoms with Crippen molar-refractivity contribution in [3.63, 3.8) is 0 Å². The number of nitrogens with zero attached hydrogens (tertiary/aromatic N) is 2. The number of amides is 1. The molecular weight excluding hydrogens is 265 g/mol. The predicted molar refractivity (Wildman–Crippen MR) is 70.2 cm³/mol. The first kappa shape index (κ1) is 14.4. The molecular formula is C13H16FN3O3. The average molecular weight is 281 g/mol. The Morgan fingerprint density at radius 2 is 2.10 bits per heavy atom. The Hall–Kier alpha value is -2.02. The monoisotopic (exact) mass is 281 g/mol. The Morgan fingerprint density at radius 1 is 1.45 bits per heavy atom. The van der Waals surface area contributed by atoms with Gasteiger partial charge in [0.2, 0.25) is 11.7 Å². The molecule has 0 spiro atoms. The normalized spacial score (nSPS) is 17.1. The van der Waals surface area contributed by atoms with Gasteiger partial charge in [-0.15, -0.1) is 0 Å². The Balaban J connectivity index is 2.03. The predicted octanol–water partition coefficient (Wildman–Crippen LogP) is 1.43. The lowest BCUT2D eigenvalue weighted by Gasteiger charge is -2.30. The van der Waals surface area contributed by atoms with Crippen molar-refractivity contribution in [2.45, 2.75) is 19.4 Å². The number of hydrogen-bond acceptors (Lipinski definition) is 4. The van der Waals surface area contributed by atoms with Crippen LogP contribution in [-0.2, 0) is 11.3 Å². The van der Waals surface area contributed by atoms with Gasteiger partial charge in [0.1, 0.15) is 0 Å². The third-order valence-corrected chi connectivity index (χ3v) is 3.64. The van der Waals surface area contributed by atoms with Crippen LogP contribution < -0.4 is 5.73 Å². The lowest BCUT2D eigenvalue weighted by Crippen LogP contribution is -2.38. The minimum absolute atomic E-state index is 0.124. The van der Waals surface area contributed by atoms with E-state index in [0.717, 1.165) is 6.07 Å². The SMILES string of the molecule is NC(=O)C1CCN(Cc2cccc([N+](=O)[O-])c2F)CC1. The van der Waals surface area contributed by atoms with Crippen molar-refractivity contribution < 1.29 is 14.1 Å². The van der Waals surface area contributed by atoms with Crippen molar-refractivity contribution in [3.05, 3.63) is 39.7 Å². The van der Waals surface area contributed by atoms with E-state index in [2.05, 4.69) is 0 Å². The first-order valence-corrected chi connectivity index (χ1v) is 6.42. The summed E-state index contributed by atoms with van der Waals surface area (Å²) in [5.41, 5.74) is 5.05. The van der Waals surface area contributed by atoms with Crippen LogP contribution in [0.1, 0.15) is 18.4 Å². The van der Waals surface area contributed by atoms with Gasteiger partial charge in [-0.1, -0.05) is 12.1 Å². The van der Waals surface area contributed by atoms with E-state index in [9.17, 15) is 19.3 Å². The topological polar surface area (TPSA) is 89.5 Å². The molecule has 1 aromatic rings. The van der Waals surface area contributed by atoms with Gasteiger partial charge < -0.3 is 5.73 Å². The molecule has 7 heteroatoms. The molecule has 1 saturated heterocycles. The van der Waals surface area contributed by atoms with E-state index >= 15 is 0 Å². The molecule has 0 unspecified atom stereocenters. The van der Waals surface area contributed by atoms with Gasteiger partial charge in [-0.25, -0.2) is 0 Å². The van der Waals surface area contributed by atoms with Crippen molar-refractivity contribution in [1.29, 1.82) is 0 Å². The highest BCUT2D eigenvalue weighted by molar-refractivity contribution is 5.76. The number of nitro benzene ring substituents is 1. The fourth-order valence-corrected chi connectivity index (χ4v) is 2.45. The molecule has 1 fully saturated rings. The molecule has 20 heavy (non-hydrogen) atoms. The van der Waals surface area contributed by atoms with Gasteiger partial charge in [-0.05, 0) is 25.9 Å². The minimum atomic E-state index is -0.783. The van der Waals surface area contributed by atoms with Crippen LogP contribution in [0.5, 0.6) is 0 Å². The summed E-state index contributed by atoms with van der Waals surface area (Å²) in [7, 11) is 0. The van der Waals surface area contributed by atoms with Crippen molar-refractivity contribution in [1.82, 2.24) is 4.90 Å². The molecule has 2 N–H and O–H groups in total. The largest absolute Gasteiger partial charge is 0.369 e. The van der Waals surface area contributed by atoms with Crippen LogP contribution in [0.15, 0.2) is 18.2 Å². The van der Waals surface area contributed by atoms with Gasteiger partial charge in [-0.2, -0.15) is 4.39 Å². The summed E-state index contributed by atoms with van der Waals surface area (Å²) in [6, 6.07) is 4.17. The molecule has 0 atom stereocenters. The maximum atomic E-state index is 13.9. The summed E-state index contributed by atoms with van der Waals surface area (Å²) < 4.78 is 13.9. The van der Waals surface area contributed by atoms with Gasteiger partial charge in [0.25, 0.3) is 0 Å². The summed E-state index contributed by atoms with van der Waals surface area (Å²) in [4.78, 5) is 23.0. The highest BCUT2D eigenvalue weighted by atomic mass is 19.1. The smallest absolute Gasteiger partial charge is 0.305 e. The van der Waals surface area contributed by atoms with Gasteiger partial charge in [-0.3, -0.25) is 19.8 Å². The van der Waals surface area contributed by atoms with Crippen LogP contribution in [0.3, 0.4) is 0 Å². The lowest BCUT2D eigenvalue weighted by molar-refractivity contribution is -0.387. The Morgan fingerprint density at radius 3 is 2.65 bits per heavy atom. The maximum absolute atomic E-state index is 13.9. The average Bonchev–Trinajstić information content (AvgIpc) is 2.41. The quantitative estimate of drug-likeness (QED) is 0.667. The van der Waals surface area contributed by atoms with Crippen molar-refractivity contribution >= 4 is 11.6 Å². The number of halogens is 1. The standard InChI is InChI=1S/C13H16FN3O3/c14-12-10(2-1-3-11(12)17(19)20)8-16-6-4-9(5-7-16)13(15)18/h1-3,9H,4-8H2,(H2,15,18). The number of piperidine rings is 1. The highest BCUT2D eigenvalue weighted by Gasteiger charge is 2.25. The molecule has 0 bridgehead atoms. The number of hydrogen-bond donors (Lipinski definition) is 1. The fourth-order valence-electron chi connectivity index (χ4n) is 2.45. The van der Waals surface area contributed by atoms with Crippen LogP contribution in [0, 0.1) is 21.8 Å². The third kappa shape index (κ3) is 3.11. The highest BCUT2D eigenvalue weighted by Crippen LogP contribution is 2.23. The van der Waals surface area contributed by atoms with Crippen LogP contribution >= 0.6 is 0 Å². The zero-order valence-corrected chi connectivity index (χ0v) is 10.9. The third-order valence-electron chi connectivity index (χ3n) is 3.64. The number of likely N-dealkylation sites (tertiary alicyclic amines) is 1. The molecule has 1 heterocycles. The molecule has 0 aromatic heterocycles. The zero-order valence-electron chi connectivity index (χ0n) is 10.9. The van der Waals surface area contributed by atoms with Crippen molar-refractivity contribution in [2.75, 3.05) is 13.1 Å². The van der Waals surface area contributed by atoms with Crippen LogP contribution in [0.25, 0.3) is 0 Å². The number of nitro groups is 1. The number of primary amides is 1. The maximum Gasteiger partial charge on any atom is 0.305 e. The Kier molecular flexibility index (Phi) is 4.29. The van der Waals surface area contributed by atoms with E-state index in [4.69, 9.17) is 5.73 Å². The minimum Gasteiger partial charge on any atom is -0.369 e. The second-order valence-corrected chi connectivity index (χ2v) is 4.96. The first-order chi connectivity index (χ1) is 9.49. The molecule has 1 aromatic carbocycles. The van der Waals surface area contributed by atoms with E-state index in [1.54, 1.807) is 6.07 Å². The second kappa shape index (κ2) is 5.96. The number of carbonyl (C=O) groups is 1. The van der Waals surface area contributed by atoms with Crippen LogP contribution in [0.4, 0.5) is 10.1 Å². The number of nitrogens with two attached hydrogens (primary N) is 1. The summed E-state index contributed by atoms with van der Waals surface area (Å²) in [6.45, 7) is 1.57. The molecule has 0 saturated carbocycles. The Bertz CT molecular complexity index is 528. The first-order valence-electron chi connectivity index (χ1n) is 6.42. The van der Waals surface area contributed by atoms with Crippen molar-refractivity contribution in [3.8, 4) is 0 Å². The summed E-state index contributed by atoms with van der Waals surface area (Å²) in [6.07, 6.45) is 1.29. The summed E-state index contributed by atoms with van der Waals surface area (Å²) >= 11 is 0. The number of rotatable bonds is 4. The molecule has 2 rings (SSSR count). The van der Waals surface area contributed by atoms with Gasteiger partial charge in [0.05, 0.1) is 4.92 Å². The molecule has 1 aliphatic heterocycles.